The van der Waals surface area contributed by atoms with E-state index >= 15 is 0 Å². The quantitative estimate of drug-likeness (QED) is 0.0671. The van der Waals surface area contributed by atoms with Crippen LogP contribution in [0.3, 0.4) is 0 Å². The van der Waals surface area contributed by atoms with Crippen molar-refractivity contribution in [3.63, 3.8) is 0 Å². The molecule has 1 aliphatic carbocycles. The van der Waals surface area contributed by atoms with Crippen LogP contribution in [0.5, 0.6) is 0 Å². The Balaban J connectivity index is 2.52. The predicted octanol–water partition coefficient (Wildman–Crippen LogP) is 6.47. The van der Waals surface area contributed by atoms with Gasteiger partial charge < -0.3 is 28.4 Å². The lowest BCUT2D eigenvalue weighted by Gasteiger charge is -2.33. The Labute approximate surface area is 296 Å². The van der Waals surface area contributed by atoms with Crippen molar-refractivity contribution in [2.24, 2.45) is 11.8 Å². The number of halogens is 3. The zero-order valence-corrected chi connectivity index (χ0v) is 29.9. The van der Waals surface area contributed by atoms with E-state index in [-0.39, 0.29) is 31.7 Å². The van der Waals surface area contributed by atoms with Crippen LogP contribution in [0.1, 0.15) is 84.6 Å². The van der Waals surface area contributed by atoms with Gasteiger partial charge in [0, 0.05) is 58.1 Å². The van der Waals surface area contributed by atoms with Crippen molar-refractivity contribution in [3.05, 3.63) is 60.2 Å². The SMILES string of the molecule is CCC(CC[C@@H](/C=C/[C@@H]1[C@@H](C/C=C\CCCC(=O)OC)[C@@H](OC(C)=O)C[C@H]1OC(C)=O)OC(=O)[C@](OC)(c1ccccc1)C(F)(F)F)OC(C)=O. The third-order valence-corrected chi connectivity index (χ3v) is 8.60. The van der Waals surface area contributed by atoms with Crippen molar-refractivity contribution in [1.82, 2.24) is 0 Å². The lowest BCUT2D eigenvalue weighted by Crippen LogP contribution is -2.52. The van der Waals surface area contributed by atoms with Crippen LogP contribution in [-0.2, 0) is 58.0 Å². The van der Waals surface area contributed by atoms with E-state index in [9.17, 15) is 37.1 Å². The van der Waals surface area contributed by atoms with Crippen LogP contribution >= 0.6 is 0 Å². The van der Waals surface area contributed by atoms with Gasteiger partial charge in [-0.05, 0) is 44.6 Å². The number of esters is 5. The normalized spacial score (nSPS) is 21.4. The van der Waals surface area contributed by atoms with Gasteiger partial charge in [-0.15, -0.1) is 0 Å². The van der Waals surface area contributed by atoms with Crippen LogP contribution < -0.4 is 0 Å². The van der Waals surface area contributed by atoms with E-state index in [1.165, 1.54) is 52.2 Å². The largest absolute Gasteiger partial charge is 0.469 e. The lowest BCUT2D eigenvalue weighted by atomic mass is 9.89. The van der Waals surface area contributed by atoms with Gasteiger partial charge in [-0.1, -0.05) is 55.5 Å². The summed E-state index contributed by atoms with van der Waals surface area (Å²) in [5.74, 6) is -4.77. The third-order valence-electron chi connectivity index (χ3n) is 8.60. The Morgan fingerprint density at radius 3 is 2.08 bits per heavy atom. The number of hydrogen-bond donors (Lipinski definition) is 0. The molecule has 284 valence electrons. The average molecular weight is 727 g/mol. The Morgan fingerprint density at radius 1 is 0.882 bits per heavy atom. The fourth-order valence-corrected chi connectivity index (χ4v) is 6.17. The number of benzene rings is 1. The summed E-state index contributed by atoms with van der Waals surface area (Å²) in [5, 5.41) is 0. The van der Waals surface area contributed by atoms with Crippen LogP contribution in [0.2, 0.25) is 0 Å². The van der Waals surface area contributed by atoms with Crippen molar-refractivity contribution in [2.75, 3.05) is 14.2 Å². The van der Waals surface area contributed by atoms with E-state index in [1.54, 1.807) is 13.0 Å². The monoisotopic (exact) mass is 726 g/mol. The minimum Gasteiger partial charge on any atom is -0.469 e. The maximum Gasteiger partial charge on any atom is 0.432 e. The molecule has 0 N–H and O–H groups in total. The molecule has 1 aromatic rings. The minimum atomic E-state index is -5.21. The number of hydrogen-bond acceptors (Lipinski definition) is 11. The average Bonchev–Trinajstić information content (AvgIpc) is 3.36. The van der Waals surface area contributed by atoms with Crippen molar-refractivity contribution < 1.29 is 65.6 Å². The molecule has 0 spiro atoms. The number of carbonyl (C=O) groups is 5. The lowest BCUT2D eigenvalue weighted by molar-refractivity contribution is -0.277. The molecule has 1 fully saturated rings. The molecule has 14 heteroatoms. The minimum absolute atomic E-state index is 0.0381. The maximum absolute atomic E-state index is 14.7. The van der Waals surface area contributed by atoms with E-state index in [4.69, 9.17) is 23.7 Å². The highest BCUT2D eigenvalue weighted by atomic mass is 19.4. The first-order valence-corrected chi connectivity index (χ1v) is 16.9. The van der Waals surface area contributed by atoms with Crippen molar-refractivity contribution in [1.29, 1.82) is 0 Å². The predicted molar refractivity (Wildman–Crippen MR) is 178 cm³/mol. The molecule has 0 bridgehead atoms. The molecule has 2 rings (SSSR count). The third kappa shape index (κ3) is 12.8. The van der Waals surface area contributed by atoms with Gasteiger partial charge in [0.2, 0.25) is 0 Å². The number of unbranched alkanes of at least 4 members (excludes halogenated alkanes) is 1. The van der Waals surface area contributed by atoms with Crippen LogP contribution in [-0.4, -0.2) is 74.7 Å². The van der Waals surface area contributed by atoms with Gasteiger partial charge in [-0.2, -0.15) is 13.2 Å². The molecule has 0 radical (unpaired) electrons. The van der Waals surface area contributed by atoms with Crippen molar-refractivity contribution in [2.45, 2.75) is 115 Å². The molecular formula is C37H49F3O11. The van der Waals surface area contributed by atoms with Gasteiger partial charge in [-0.25, -0.2) is 4.79 Å². The van der Waals surface area contributed by atoms with Crippen molar-refractivity contribution >= 4 is 29.8 Å². The topological polar surface area (TPSA) is 141 Å². The highest BCUT2D eigenvalue weighted by molar-refractivity contribution is 5.83. The van der Waals surface area contributed by atoms with Gasteiger partial charge >= 0.3 is 36.0 Å². The molecule has 1 unspecified atom stereocenters. The fraction of sp³-hybridized carbons (Fsp3) is 0.595. The summed E-state index contributed by atoms with van der Waals surface area (Å²) < 4.78 is 75.8. The fourth-order valence-electron chi connectivity index (χ4n) is 6.17. The van der Waals surface area contributed by atoms with E-state index in [0.29, 0.717) is 25.7 Å². The summed E-state index contributed by atoms with van der Waals surface area (Å²) >= 11 is 0. The Bertz CT molecular complexity index is 1360. The number of ether oxygens (including phenoxy) is 6. The van der Waals surface area contributed by atoms with Gasteiger partial charge in [-0.3, -0.25) is 19.2 Å². The molecule has 0 saturated heterocycles. The number of alkyl halides is 3. The van der Waals surface area contributed by atoms with E-state index < -0.39 is 77.5 Å². The molecule has 0 amide bonds. The Hall–Kier alpha value is -4.20. The second-order valence-corrected chi connectivity index (χ2v) is 12.2. The summed E-state index contributed by atoms with van der Waals surface area (Å²) in [6.45, 7) is 5.48. The summed E-state index contributed by atoms with van der Waals surface area (Å²) in [6, 6.07) is 6.40. The first-order chi connectivity index (χ1) is 24.1. The standard InChI is InChI=1S/C37H49F3O11/c1-7-28(48-24(2)41)19-20-29(51-35(45)36(47-6,37(38,39)40)27-15-11-10-12-16-27)21-22-31-30(17-13-8-9-14-18-34(44)46-5)32(49-25(3)42)23-33(31)50-26(4)43/h8,10-13,15-16,21-22,28-33H,7,9,14,17-20,23H2,1-6H3/b13-8-,22-21+/t28?,29-,30+,31+,32-,33+,36+/m0/s1. The second-order valence-electron chi connectivity index (χ2n) is 12.2. The highest BCUT2D eigenvalue weighted by Crippen LogP contribution is 2.44. The molecule has 51 heavy (non-hydrogen) atoms. The zero-order valence-electron chi connectivity index (χ0n) is 29.9. The molecule has 0 aromatic heterocycles. The summed E-state index contributed by atoms with van der Waals surface area (Å²) in [7, 11) is 2.08. The maximum atomic E-state index is 14.7. The molecule has 1 aromatic carbocycles. The van der Waals surface area contributed by atoms with E-state index in [0.717, 1.165) is 19.2 Å². The number of rotatable bonds is 19. The summed E-state index contributed by atoms with van der Waals surface area (Å²) in [5.41, 5.74) is -3.93. The molecule has 0 heterocycles. The Morgan fingerprint density at radius 2 is 1.53 bits per heavy atom. The number of methoxy groups -OCH3 is 2. The molecule has 1 saturated carbocycles. The van der Waals surface area contributed by atoms with Crippen LogP contribution in [0.15, 0.2) is 54.6 Å². The molecule has 7 atom stereocenters. The number of allylic oxidation sites excluding steroid dienone is 2. The summed E-state index contributed by atoms with van der Waals surface area (Å²) in [4.78, 5) is 60.9. The van der Waals surface area contributed by atoms with Crippen LogP contribution in [0, 0.1) is 11.8 Å². The smallest absolute Gasteiger partial charge is 0.432 e. The van der Waals surface area contributed by atoms with Gasteiger partial charge in [0.1, 0.15) is 24.4 Å². The van der Waals surface area contributed by atoms with Gasteiger partial charge in [0.25, 0.3) is 5.60 Å². The first-order valence-electron chi connectivity index (χ1n) is 16.9. The van der Waals surface area contributed by atoms with Crippen LogP contribution in [0.25, 0.3) is 0 Å². The zero-order chi connectivity index (χ0) is 38.2. The number of carbonyl (C=O) groups excluding carboxylic acids is 5. The summed E-state index contributed by atoms with van der Waals surface area (Å²) in [6.07, 6.45) is 0.538. The van der Waals surface area contributed by atoms with Crippen molar-refractivity contribution in [3.8, 4) is 0 Å². The van der Waals surface area contributed by atoms with Gasteiger partial charge in [0.05, 0.1) is 7.11 Å². The van der Waals surface area contributed by atoms with Crippen LogP contribution in [0.4, 0.5) is 13.2 Å². The molecule has 0 aliphatic heterocycles. The van der Waals surface area contributed by atoms with E-state index in [2.05, 4.69) is 4.74 Å². The highest BCUT2D eigenvalue weighted by Gasteiger charge is 2.64. The molecule has 1 aliphatic rings. The Kier molecular flexibility index (Phi) is 17.4. The first kappa shape index (κ1) is 43.0. The molecule has 11 nitrogen and oxygen atoms in total. The van der Waals surface area contributed by atoms with E-state index in [1.807, 2.05) is 12.2 Å². The second kappa shape index (κ2) is 20.6. The molecular weight excluding hydrogens is 677 g/mol. The van der Waals surface area contributed by atoms with Gasteiger partial charge in [0.15, 0.2) is 0 Å².